The van der Waals surface area contributed by atoms with Crippen LogP contribution in [0.3, 0.4) is 0 Å². The van der Waals surface area contributed by atoms with E-state index in [0.717, 1.165) is 29.2 Å². The molecule has 5 heteroatoms. The van der Waals surface area contributed by atoms with Crippen molar-refractivity contribution in [2.75, 3.05) is 6.54 Å². The fraction of sp³-hybridized carbons (Fsp3) is 0.471. The zero-order valence-electron chi connectivity index (χ0n) is 12.7. The maximum absolute atomic E-state index is 13.0. The zero-order chi connectivity index (χ0) is 15.5. The van der Waals surface area contributed by atoms with Crippen molar-refractivity contribution in [2.45, 2.75) is 44.9 Å². The molecule has 1 aliphatic rings. The van der Waals surface area contributed by atoms with Gasteiger partial charge in [-0.05, 0) is 37.0 Å². The summed E-state index contributed by atoms with van der Waals surface area (Å²) >= 11 is 1.70. The third-order valence-electron chi connectivity index (χ3n) is 3.99. The highest BCUT2D eigenvalue weighted by atomic mass is 32.1. The lowest BCUT2D eigenvalue weighted by molar-refractivity contribution is 0.104. The molecule has 0 radical (unpaired) electrons. The predicted octanol–water partition coefficient (Wildman–Crippen LogP) is 3.54. The molecule has 1 heterocycles. The lowest BCUT2D eigenvalue weighted by Gasteiger charge is -2.24. The number of nitrogens with zero attached hydrogens (tertiary/aromatic N) is 2. The van der Waals surface area contributed by atoms with Crippen LogP contribution >= 0.6 is 11.3 Å². The Hall–Kier alpha value is -1.30. The Labute approximate surface area is 134 Å². The Morgan fingerprint density at radius 1 is 1.36 bits per heavy atom. The Balaban J connectivity index is 1.65. The highest BCUT2D eigenvalue weighted by Gasteiger charge is 2.31. The van der Waals surface area contributed by atoms with Crippen molar-refractivity contribution in [1.82, 2.24) is 9.88 Å². The van der Waals surface area contributed by atoms with Gasteiger partial charge in [-0.2, -0.15) is 0 Å². The van der Waals surface area contributed by atoms with E-state index in [1.807, 2.05) is 0 Å². The third kappa shape index (κ3) is 3.91. The van der Waals surface area contributed by atoms with Crippen LogP contribution in [0.5, 0.6) is 0 Å². The van der Waals surface area contributed by atoms with Crippen molar-refractivity contribution >= 4 is 11.3 Å². The minimum absolute atomic E-state index is 0.274. The molecule has 0 bridgehead atoms. The summed E-state index contributed by atoms with van der Waals surface area (Å²) < 4.78 is 13.0. The molecule has 0 spiro atoms. The smallest absolute Gasteiger partial charge is 0.123 e. The average molecular weight is 320 g/mol. The molecule has 1 N–H and O–H groups in total. The number of aryl methyl sites for hydroxylation is 1. The molecule has 0 aliphatic heterocycles. The Kier molecular flexibility index (Phi) is 4.86. The second kappa shape index (κ2) is 6.86. The standard InChI is InChI=1S/C17H21FN2OS/c1-2-17-19-14(11-22-17)9-20(15-7-8-15)10-16(21)12-3-5-13(18)6-4-12/h3-6,11,15-16,21H,2,7-10H2,1H3. The maximum Gasteiger partial charge on any atom is 0.123 e. The summed E-state index contributed by atoms with van der Waals surface area (Å²) in [5.74, 6) is -0.274. The minimum Gasteiger partial charge on any atom is -0.387 e. The van der Waals surface area contributed by atoms with Crippen LogP contribution in [0.4, 0.5) is 4.39 Å². The molecule has 22 heavy (non-hydrogen) atoms. The minimum atomic E-state index is -0.592. The van der Waals surface area contributed by atoms with Crippen LogP contribution in [-0.4, -0.2) is 27.6 Å². The molecule has 1 atom stereocenters. The number of thiazole rings is 1. The lowest BCUT2D eigenvalue weighted by atomic mass is 10.1. The van der Waals surface area contributed by atoms with Gasteiger partial charge in [-0.1, -0.05) is 19.1 Å². The van der Waals surface area contributed by atoms with Crippen LogP contribution in [-0.2, 0) is 13.0 Å². The van der Waals surface area contributed by atoms with Gasteiger partial charge >= 0.3 is 0 Å². The first-order chi connectivity index (χ1) is 10.7. The van der Waals surface area contributed by atoms with E-state index >= 15 is 0 Å². The zero-order valence-corrected chi connectivity index (χ0v) is 13.5. The summed E-state index contributed by atoms with van der Waals surface area (Å²) in [5, 5.41) is 13.7. The summed E-state index contributed by atoms with van der Waals surface area (Å²) in [6, 6.07) is 6.65. The molecule has 118 valence electrons. The SMILES string of the molecule is CCc1nc(CN(CC(O)c2ccc(F)cc2)C2CC2)cs1. The van der Waals surface area contributed by atoms with E-state index in [0.29, 0.717) is 12.6 Å². The molecule has 1 unspecified atom stereocenters. The van der Waals surface area contributed by atoms with Crippen molar-refractivity contribution in [3.05, 3.63) is 51.7 Å². The average Bonchev–Trinajstić information content (AvgIpc) is 3.27. The number of hydrogen-bond acceptors (Lipinski definition) is 4. The van der Waals surface area contributed by atoms with Crippen LogP contribution < -0.4 is 0 Å². The van der Waals surface area contributed by atoms with Crippen molar-refractivity contribution in [2.24, 2.45) is 0 Å². The van der Waals surface area contributed by atoms with Gasteiger partial charge < -0.3 is 5.11 Å². The van der Waals surface area contributed by atoms with Gasteiger partial charge in [-0.25, -0.2) is 9.37 Å². The van der Waals surface area contributed by atoms with Crippen LogP contribution in [0.2, 0.25) is 0 Å². The van der Waals surface area contributed by atoms with Gasteiger partial charge in [0, 0.05) is 24.5 Å². The molecule has 1 aromatic heterocycles. The van der Waals surface area contributed by atoms with Gasteiger partial charge in [0.1, 0.15) is 5.82 Å². The second-order valence-electron chi connectivity index (χ2n) is 5.81. The molecule has 0 saturated heterocycles. The Bertz CT molecular complexity index is 609. The first-order valence-corrected chi connectivity index (χ1v) is 8.64. The molecule has 0 amide bonds. The van der Waals surface area contributed by atoms with Crippen LogP contribution in [0.25, 0.3) is 0 Å². The van der Waals surface area contributed by atoms with Gasteiger partial charge in [-0.15, -0.1) is 11.3 Å². The Morgan fingerprint density at radius 3 is 2.68 bits per heavy atom. The number of aliphatic hydroxyl groups is 1. The predicted molar refractivity (Wildman–Crippen MR) is 86.3 cm³/mol. The van der Waals surface area contributed by atoms with Crippen LogP contribution in [0.15, 0.2) is 29.6 Å². The summed E-state index contributed by atoms with van der Waals surface area (Å²) in [5.41, 5.74) is 1.85. The number of rotatable bonds is 7. The highest BCUT2D eigenvalue weighted by molar-refractivity contribution is 7.09. The largest absolute Gasteiger partial charge is 0.387 e. The van der Waals surface area contributed by atoms with Crippen molar-refractivity contribution in [3.8, 4) is 0 Å². The molecular weight excluding hydrogens is 299 g/mol. The van der Waals surface area contributed by atoms with Crippen molar-refractivity contribution < 1.29 is 9.50 Å². The first-order valence-electron chi connectivity index (χ1n) is 7.76. The van der Waals surface area contributed by atoms with E-state index in [2.05, 4.69) is 22.2 Å². The number of benzene rings is 1. The molecule has 1 aliphatic carbocycles. The van der Waals surface area contributed by atoms with E-state index < -0.39 is 6.10 Å². The van der Waals surface area contributed by atoms with E-state index in [1.54, 1.807) is 23.5 Å². The van der Waals surface area contributed by atoms with E-state index in [4.69, 9.17) is 0 Å². The molecule has 3 nitrogen and oxygen atoms in total. The van der Waals surface area contributed by atoms with E-state index in [1.165, 1.54) is 25.0 Å². The summed E-state index contributed by atoms with van der Waals surface area (Å²) in [6.07, 6.45) is 2.74. The van der Waals surface area contributed by atoms with Gasteiger partial charge in [-0.3, -0.25) is 4.90 Å². The normalized spacial score (nSPS) is 16.2. The van der Waals surface area contributed by atoms with Gasteiger partial charge in [0.15, 0.2) is 0 Å². The Morgan fingerprint density at radius 2 is 2.09 bits per heavy atom. The van der Waals surface area contributed by atoms with Crippen LogP contribution in [0.1, 0.15) is 42.1 Å². The van der Waals surface area contributed by atoms with Crippen molar-refractivity contribution in [3.63, 3.8) is 0 Å². The maximum atomic E-state index is 13.0. The van der Waals surface area contributed by atoms with E-state index in [9.17, 15) is 9.50 Å². The molecular formula is C17H21FN2OS. The summed E-state index contributed by atoms with van der Waals surface area (Å²) in [7, 11) is 0. The third-order valence-corrected chi connectivity index (χ3v) is 5.03. The van der Waals surface area contributed by atoms with Gasteiger partial charge in [0.05, 0.1) is 16.8 Å². The number of aromatic nitrogens is 1. The quantitative estimate of drug-likeness (QED) is 0.847. The second-order valence-corrected chi connectivity index (χ2v) is 6.76. The topological polar surface area (TPSA) is 36.4 Å². The van der Waals surface area contributed by atoms with Gasteiger partial charge in [0.2, 0.25) is 0 Å². The fourth-order valence-corrected chi connectivity index (χ4v) is 3.32. The molecule has 1 aromatic carbocycles. The summed E-state index contributed by atoms with van der Waals surface area (Å²) in [6.45, 7) is 3.45. The first kappa shape index (κ1) is 15.6. The monoisotopic (exact) mass is 320 g/mol. The van der Waals surface area contributed by atoms with Gasteiger partial charge in [0.25, 0.3) is 0 Å². The fourth-order valence-electron chi connectivity index (χ4n) is 2.59. The molecule has 1 saturated carbocycles. The molecule has 2 aromatic rings. The highest BCUT2D eigenvalue weighted by Crippen LogP contribution is 2.30. The molecule has 1 fully saturated rings. The lowest BCUT2D eigenvalue weighted by Crippen LogP contribution is -2.30. The van der Waals surface area contributed by atoms with E-state index in [-0.39, 0.29) is 5.82 Å². The number of hydrogen-bond donors (Lipinski definition) is 1. The summed E-state index contributed by atoms with van der Waals surface area (Å²) in [4.78, 5) is 6.91. The van der Waals surface area contributed by atoms with Crippen LogP contribution in [0, 0.1) is 5.82 Å². The number of halogens is 1. The van der Waals surface area contributed by atoms with Crippen molar-refractivity contribution in [1.29, 1.82) is 0 Å². The number of aliphatic hydroxyl groups excluding tert-OH is 1. The molecule has 3 rings (SSSR count).